The molecule has 2 unspecified atom stereocenters. The summed E-state index contributed by atoms with van der Waals surface area (Å²) < 4.78 is 11.1. The van der Waals surface area contributed by atoms with Gasteiger partial charge >= 0.3 is 0 Å². The maximum absolute atomic E-state index is 5.62. The standard InChI is InChI=1S/C22H35N3O2/c1-18-5-2-3-7-20(18)24-21(23-12-8-19-6-4-14-27-19)25-13-9-22(17-25)10-15-26-16-11-22/h4,6,14,18,20H,2-3,5,7-13,15-17H2,1H3,(H,23,24). The molecule has 1 N–H and O–H groups in total. The molecule has 1 saturated carbocycles. The van der Waals surface area contributed by atoms with Crippen LogP contribution in [0.2, 0.25) is 0 Å². The molecule has 5 heteroatoms. The topological polar surface area (TPSA) is 50.0 Å². The molecule has 2 aliphatic heterocycles. The zero-order valence-electron chi connectivity index (χ0n) is 16.8. The van der Waals surface area contributed by atoms with Crippen molar-refractivity contribution in [2.45, 2.75) is 64.3 Å². The first-order valence-corrected chi connectivity index (χ1v) is 10.9. The Bertz CT molecular complexity index is 607. The quantitative estimate of drug-likeness (QED) is 0.643. The predicted octanol–water partition coefficient (Wildman–Crippen LogP) is 3.85. The average molecular weight is 374 g/mol. The molecular weight excluding hydrogens is 338 g/mol. The SMILES string of the molecule is CC1CCCCC1NC(=NCCc1ccco1)N1CCC2(CCOCC2)C1. The van der Waals surface area contributed by atoms with Gasteiger partial charge in [-0.1, -0.05) is 19.8 Å². The summed E-state index contributed by atoms with van der Waals surface area (Å²) in [5, 5.41) is 3.86. The summed E-state index contributed by atoms with van der Waals surface area (Å²) >= 11 is 0. The van der Waals surface area contributed by atoms with Gasteiger partial charge in [0.1, 0.15) is 5.76 Å². The fourth-order valence-electron chi connectivity index (χ4n) is 4.99. The fourth-order valence-corrected chi connectivity index (χ4v) is 4.99. The van der Waals surface area contributed by atoms with Gasteiger partial charge in [-0.2, -0.15) is 0 Å². The van der Waals surface area contributed by atoms with Gasteiger partial charge in [0.15, 0.2) is 5.96 Å². The molecule has 0 radical (unpaired) electrons. The molecule has 1 aromatic heterocycles. The highest BCUT2D eigenvalue weighted by Crippen LogP contribution is 2.39. The lowest BCUT2D eigenvalue weighted by Crippen LogP contribution is -2.49. The van der Waals surface area contributed by atoms with Gasteiger partial charge in [0, 0.05) is 45.3 Å². The number of nitrogens with one attached hydrogen (secondary N) is 1. The number of rotatable bonds is 4. The van der Waals surface area contributed by atoms with Gasteiger partial charge < -0.3 is 19.4 Å². The summed E-state index contributed by atoms with van der Waals surface area (Å²) in [6.07, 6.45) is 11.6. The summed E-state index contributed by atoms with van der Waals surface area (Å²) in [7, 11) is 0. The summed E-state index contributed by atoms with van der Waals surface area (Å²) in [6.45, 7) is 7.26. The maximum Gasteiger partial charge on any atom is 0.194 e. The third-order valence-corrected chi connectivity index (χ3v) is 6.92. The Kier molecular flexibility index (Phi) is 6.06. The van der Waals surface area contributed by atoms with E-state index in [2.05, 4.69) is 17.1 Å². The van der Waals surface area contributed by atoms with E-state index in [1.54, 1.807) is 6.26 Å². The van der Waals surface area contributed by atoms with Crippen molar-refractivity contribution in [3.8, 4) is 0 Å². The van der Waals surface area contributed by atoms with Gasteiger partial charge in [0.25, 0.3) is 0 Å². The maximum atomic E-state index is 5.62. The van der Waals surface area contributed by atoms with Crippen molar-refractivity contribution >= 4 is 5.96 Å². The molecule has 5 nitrogen and oxygen atoms in total. The van der Waals surface area contributed by atoms with Crippen molar-refractivity contribution in [3.63, 3.8) is 0 Å². The van der Waals surface area contributed by atoms with E-state index in [0.29, 0.717) is 11.5 Å². The number of nitrogens with zero attached hydrogens (tertiary/aromatic N) is 2. The number of aliphatic imine (C=N–C) groups is 1. The second kappa shape index (κ2) is 8.68. The molecule has 27 heavy (non-hydrogen) atoms. The van der Waals surface area contributed by atoms with E-state index in [1.807, 2.05) is 12.1 Å². The van der Waals surface area contributed by atoms with Crippen molar-refractivity contribution < 1.29 is 9.15 Å². The Morgan fingerprint density at radius 1 is 1.26 bits per heavy atom. The highest BCUT2D eigenvalue weighted by molar-refractivity contribution is 5.80. The first-order valence-electron chi connectivity index (χ1n) is 10.9. The second-order valence-electron chi connectivity index (χ2n) is 8.83. The van der Waals surface area contributed by atoms with Crippen molar-refractivity contribution in [1.29, 1.82) is 0 Å². The van der Waals surface area contributed by atoms with E-state index >= 15 is 0 Å². The number of likely N-dealkylation sites (tertiary alicyclic amines) is 1. The highest BCUT2D eigenvalue weighted by Gasteiger charge is 2.40. The van der Waals surface area contributed by atoms with Crippen LogP contribution in [0, 0.1) is 11.3 Å². The average Bonchev–Trinajstić information content (AvgIpc) is 3.34. The zero-order valence-corrected chi connectivity index (χ0v) is 16.8. The largest absolute Gasteiger partial charge is 0.469 e. The molecule has 0 amide bonds. The van der Waals surface area contributed by atoms with Gasteiger partial charge in [0.05, 0.1) is 6.26 Å². The third-order valence-electron chi connectivity index (χ3n) is 6.92. The summed E-state index contributed by atoms with van der Waals surface area (Å²) in [5.74, 6) is 2.88. The number of hydrogen-bond acceptors (Lipinski definition) is 3. The van der Waals surface area contributed by atoms with Crippen molar-refractivity contribution in [3.05, 3.63) is 24.2 Å². The molecule has 150 valence electrons. The highest BCUT2D eigenvalue weighted by atomic mass is 16.5. The van der Waals surface area contributed by atoms with E-state index in [1.165, 1.54) is 44.9 Å². The molecule has 2 saturated heterocycles. The smallest absolute Gasteiger partial charge is 0.194 e. The van der Waals surface area contributed by atoms with Crippen molar-refractivity contribution in [2.75, 3.05) is 32.8 Å². The van der Waals surface area contributed by atoms with E-state index in [-0.39, 0.29) is 0 Å². The van der Waals surface area contributed by atoms with E-state index < -0.39 is 0 Å². The molecule has 1 aromatic rings. The van der Waals surface area contributed by atoms with Crippen LogP contribution < -0.4 is 5.32 Å². The molecule has 1 aliphatic carbocycles. The van der Waals surface area contributed by atoms with Crippen molar-refractivity contribution in [1.82, 2.24) is 10.2 Å². The molecule has 0 aromatic carbocycles. The Morgan fingerprint density at radius 2 is 2.11 bits per heavy atom. The normalized spacial score (nSPS) is 28.6. The van der Waals surface area contributed by atoms with E-state index in [4.69, 9.17) is 14.1 Å². The van der Waals surface area contributed by atoms with Crippen LogP contribution in [-0.4, -0.2) is 49.7 Å². The van der Waals surface area contributed by atoms with Crippen molar-refractivity contribution in [2.24, 2.45) is 16.3 Å². The molecule has 1 spiro atoms. The van der Waals surface area contributed by atoms with Crippen LogP contribution in [-0.2, 0) is 11.2 Å². The molecule has 4 rings (SSSR count). The first-order chi connectivity index (χ1) is 13.2. The summed E-state index contributed by atoms with van der Waals surface area (Å²) in [5.41, 5.74) is 0.444. The Morgan fingerprint density at radius 3 is 2.89 bits per heavy atom. The molecule has 0 bridgehead atoms. The lowest BCUT2D eigenvalue weighted by atomic mass is 9.80. The predicted molar refractivity (Wildman–Crippen MR) is 108 cm³/mol. The molecule has 3 aliphatic rings. The van der Waals surface area contributed by atoms with Crippen LogP contribution in [0.3, 0.4) is 0 Å². The zero-order chi connectivity index (χ0) is 18.5. The van der Waals surface area contributed by atoms with Gasteiger partial charge in [-0.15, -0.1) is 0 Å². The number of hydrogen-bond donors (Lipinski definition) is 1. The van der Waals surface area contributed by atoms with Crippen LogP contribution in [0.1, 0.15) is 57.6 Å². The number of guanidine groups is 1. The van der Waals surface area contributed by atoms with Gasteiger partial charge in [-0.3, -0.25) is 4.99 Å². The van der Waals surface area contributed by atoms with Crippen LogP contribution in [0.15, 0.2) is 27.8 Å². The Labute approximate surface area is 163 Å². The monoisotopic (exact) mass is 373 g/mol. The van der Waals surface area contributed by atoms with Crippen LogP contribution in [0.25, 0.3) is 0 Å². The second-order valence-corrected chi connectivity index (χ2v) is 8.83. The lowest BCUT2D eigenvalue weighted by Gasteiger charge is -2.36. The van der Waals surface area contributed by atoms with Gasteiger partial charge in [-0.25, -0.2) is 0 Å². The summed E-state index contributed by atoms with van der Waals surface area (Å²) in [6, 6.07) is 4.56. The molecule has 3 fully saturated rings. The van der Waals surface area contributed by atoms with Crippen LogP contribution >= 0.6 is 0 Å². The molecular formula is C22H35N3O2. The lowest BCUT2D eigenvalue weighted by molar-refractivity contribution is 0.0217. The molecule has 3 heterocycles. The Balaban J connectivity index is 1.43. The minimum atomic E-state index is 0.444. The van der Waals surface area contributed by atoms with E-state index in [0.717, 1.165) is 56.9 Å². The van der Waals surface area contributed by atoms with Gasteiger partial charge in [-0.05, 0) is 55.6 Å². The fraction of sp³-hybridized carbons (Fsp3) is 0.773. The number of ether oxygens (including phenoxy) is 1. The first kappa shape index (κ1) is 18.9. The van der Waals surface area contributed by atoms with Gasteiger partial charge in [0.2, 0.25) is 0 Å². The summed E-state index contributed by atoms with van der Waals surface area (Å²) in [4.78, 5) is 7.55. The van der Waals surface area contributed by atoms with Crippen LogP contribution in [0.4, 0.5) is 0 Å². The minimum Gasteiger partial charge on any atom is -0.469 e. The van der Waals surface area contributed by atoms with Crippen LogP contribution in [0.5, 0.6) is 0 Å². The molecule has 2 atom stereocenters. The minimum absolute atomic E-state index is 0.444. The number of furan rings is 1. The third kappa shape index (κ3) is 4.68. The Hall–Kier alpha value is -1.49. The van der Waals surface area contributed by atoms with E-state index in [9.17, 15) is 0 Å².